The van der Waals surface area contributed by atoms with Gasteiger partial charge < -0.3 is 25.0 Å². The highest BCUT2D eigenvalue weighted by Gasteiger charge is 2.16. The Labute approximate surface area is 151 Å². The average molecular weight is 355 g/mol. The Morgan fingerprint density at radius 3 is 2.73 bits per heavy atom. The molecule has 3 N–H and O–H groups in total. The largest absolute Gasteiger partial charge is 0.508 e. The first-order chi connectivity index (χ1) is 12.6. The van der Waals surface area contributed by atoms with Crippen molar-refractivity contribution < 1.29 is 24.5 Å². The van der Waals surface area contributed by atoms with E-state index in [2.05, 4.69) is 5.32 Å². The van der Waals surface area contributed by atoms with Gasteiger partial charge in [-0.25, -0.2) is 0 Å². The number of benzene rings is 2. The summed E-state index contributed by atoms with van der Waals surface area (Å²) >= 11 is 0. The van der Waals surface area contributed by atoms with Crippen LogP contribution >= 0.6 is 0 Å². The third kappa shape index (κ3) is 4.15. The van der Waals surface area contributed by atoms with E-state index in [-0.39, 0.29) is 24.0 Å². The SMILES string of the molecule is CCOC(=O)CNCc1cc2c(cc1O)OCC(c1ccc(O)cc1)=C2. The molecule has 1 aliphatic rings. The van der Waals surface area contributed by atoms with Crippen molar-refractivity contribution >= 4 is 17.6 Å². The fourth-order valence-corrected chi connectivity index (χ4v) is 2.75. The van der Waals surface area contributed by atoms with Crippen LogP contribution in [0, 0.1) is 0 Å². The van der Waals surface area contributed by atoms with E-state index in [1.807, 2.05) is 24.3 Å². The van der Waals surface area contributed by atoms with Gasteiger partial charge in [-0.15, -0.1) is 0 Å². The van der Waals surface area contributed by atoms with Crippen molar-refractivity contribution in [1.82, 2.24) is 5.32 Å². The number of ether oxygens (including phenoxy) is 2. The molecule has 0 aromatic heterocycles. The molecule has 3 rings (SSSR count). The molecule has 6 nitrogen and oxygen atoms in total. The first-order valence-corrected chi connectivity index (χ1v) is 8.42. The summed E-state index contributed by atoms with van der Waals surface area (Å²) in [5.74, 6) is 0.606. The van der Waals surface area contributed by atoms with E-state index in [4.69, 9.17) is 9.47 Å². The van der Waals surface area contributed by atoms with Gasteiger partial charge in [-0.05, 0) is 42.3 Å². The van der Waals surface area contributed by atoms with Crippen LogP contribution in [0.2, 0.25) is 0 Å². The molecule has 2 aromatic carbocycles. The normalized spacial score (nSPS) is 12.7. The third-order valence-corrected chi connectivity index (χ3v) is 4.05. The van der Waals surface area contributed by atoms with Crippen molar-refractivity contribution in [3.05, 3.63) is 53.1 Å². The smallest absolute Gasteiger partial charge is 0.319 e. The summed E-state index contributed by atoms with van der Waals surface area (Å²) in [5, 5.41) is 22.5. The lowest BCUT2D eigenvalue weighted by atomic mass is 9.99. The standard InChI is InChI=1S/C20H21NO5/c1-2-25-20(24)11-21-10-15-7-14-8-16(12-26-19(14)9-18(15)23)13-3-5-17(22)6-4-13/h3-9,21-23H,2,10-12H2,1H3. The predicted octanol–water partition coefficient (Wildman–Crippen LogP) is 2.68. The van der Waals surface area contributed by atoms with E-state index >= 15 is 0 Å². The van der Waals surface area contributed by atoms with Gasteiger partial charge in [0.1, 0.15) is 23.9 Å². The second-order valence-electron chi connectivity index (χ2n) is 5.93. The Hall–Kier alpha value is -2.99. The molecule has 1 aliphatic heterocycles. The molecular weight excluding hydrogens is 334 g/mol. The fraction of sp³-hybridized carbons (Fsp3) is 0.250. The van der Waals surface area contributed by atoms with Crippen molar-refractivity contribution in [2.45, 2.75) is 13.5 Å². The lowest BCUT2D eigenvalue weighted by Crippen LogP contribution is -2.24. The Morgan fingerprint density at radius 2 is 2.00 bits per heavy atom. The van der Waals surface area contributed by atoms with Crippen LogP contribution in [-0.4, -0.2) is 35.9 Å². The maximum atomic E-state index is 11.4. The minimum atomic E-state index is -0.331. The number of aromatic hydroxyl groups is 2. The predicted molar refractivity (Wildman–Crippen MR) is 97.9 cm³/mol. The Morgan fingerprint density at radius 1 is 1.23 bits per heavy atom. The highest BCUT2D eigenvalue weighted by molar-refractivity contribution is 5.86. The van der Waals surface area contributed by atoms with Crippen molar-refractivity contribution in [2.75, 3.05) is 19.8 Å². The molecule has 0 saturated heterocycles. The highest BCUT2D eigenvalue weighted by Crippen LogP contribution is 2.35. The van der Waals surface area contributed by atoms with Crippen LogP contribution in [0.4, 0.5) is 0 Å². The van der Waals surface area contributed by atoms with E-state index in [0.29, 0.717) is 31.1 Å². The molecule has 0 saturated carbocycles. The molecule has 1 heterocycles. The van der Waals surface area contributed by atoms with Crippen molar-refractivity contribution in [2.24, 2.45) is 0 Å². The summed E-state index contributed by atoms with van der Waals surface area (Å²) < 4.78 is 10.6. The second-order valence-corrected chi connectivity index (χ2v) is 5.93. The van der Waals surface area contributed by atoms with Crippen LogP contribution in [0.1, 0.15) is 23.6 Å². The minimum Gasteiger partial charge on any atom is -0.508 e. The van der Waals surface area contributed by atoms with Crippen molar-refractivity contribution in [3.63, 3.8) is 0 Å². The van der Waals surface area contributed by atoms with Crippen LogP contribution in [0.3, 0.4) is 0 Å². The molecule has 0 spiro atoms. The van der Waals surface area contributed by atoms with E-state index < -0.39 is 0 Å². The van der Waals surface area contributed by atoms with E-state index in [0.717, 1.165) is 16.7 Å². The summed E-state index contributed by atoms with van der Waals surface area (Å²) in [5.41, 5.74) is 3.46. The van der Waals surface area contributed by atoms with Crippen LogP contribution in [-0.2, 0) is 16.1 Å². The van der Waals surface area contributed by atoms with Crippen LogP contribution in [0.15, 0.2) is 36.4 Å². The van der Waals surface area contributed by atoms with E-state index in [9.17, 15) is 15.0 Å². The van der Waals surface area contributed by atoms with Crippen LogP contribution in [0.5, 0.6) is 17.2 Å². The average Bonchev–Trinajstić information content (AvgIpc) is 2.63. The third-order valence-electron chi connectivity index (χ3n) is 4.05. The Kier molecular flexibility index (Phi) is 5.43. The summed E-state index contributed by atoms with van der Waals surface area (Å²) in [4.78, 5) is 11.4. The number of fused-ring (bicyclic) bond motifs is 1. The molecule has 0 fully saturated rings. The molecule has 0 radical (unpaired) electrons. The number of rotatable bonds is 6. The Balaban J connectivity index is 1.77. The van der Waals surface area contributed by atoms with E-state index in [1.54, 1.807) is 25.1 Å². The summed E-state index contributed by atoms with van der Waals surface area (Å²) in [6, 6.07) is 10.3. The molecule has 136 valence electrons. The minimum absolute atomic E-state index is 0.0788. The van der Waals surface area contributed by atoms with Gasteiger partial charge in [0.25, 0.3) is 0 Å². The molecule has 26 heavy (non-hydrogen) atoms. The molecule has 0 unspecified atom stereocenters. The molecule has 0 atom stereocenters. The lowest BCUT2D eigenvalue weighted by molar-refractivity contribution is -0.142. The zero-order chi connectivity index (χ0) is 18.5. The molecule has 0 bridgehead atoms. The first-order valence-electron chi connectivity index (χ1n) is 8.42. The number of nitrogens with one attached hydrogen (secondary N) is 1. The number of hydrogen-bond donors (Lipinski definition) is 3. The number of phenols is 2. The summed E-state index contributed by atoms with van der Waals surface area (Å²) in [6.45, 7) is 2.89. The van der Waals surface area contributed by atoms with Crippen molar-refractivity contribution in [3.8, 4) is 17.2 Å². The fourth-order valence-electron chi connectivity index (χ4n) is 2.75. The lowest BCUT2D eigenvalue weighted by Gasteiger charge is -2.20. The van der Waals surface area contributed by atoms with Gasteiger partial charge in [-0.3, -0.25) is 4.79 Å². The number of hydrogen-bond acceptors (Lipinski definition) is 6. The quantitative estimate of drug-likeness (QED) is 0.691. The van der Waals surface area contributed by atoms with Crippen LogP contribution in [0.25, 0.3) is 11.6 Å². The first kappa shape index (κ1) is 17.8. The van der Waals surface area contributed by atoms with Gasteiger partial charge in [0, 0.05) is 23.7 Å². The van der Waals surface area contributed by atoms with Gasteiger partial charge in [-0.2, -0.15) is 0 Å². The van der Waals surface area contributed by atoms with Gasteiger partial charge in [0.05, 0.1) is 13.2 Å². The topological polar surface area (TPSA) is 88.0 Å². The van der Waals surface area contributed by atoms with Gasteiger partial charge in [0.2, 0.25) is 0 Å². The number of carbonyl (C=O) groups excluding carboxylic acids is 1. The zero-order valence-electron chi connectivity index (χ0n) is 14.5. The summed E-state index contributed by atoms with van der Waals surface area (Å²) in [7, 11) is 0. The second kappa shape index (κ2) is 7.93. The Bertz CT molecular complexity index is 827. The monoisotopic (exact) mass is 355 g/mol. The maximum absolute atomic E-state index is 11.4. The summed E-state index contributed by atoms with van der Waals surface area (Å²) in [6.07, 6.45) is 2.00. The van der Waals surface area contributed by atoms with Gasteiger partial charge in [-0.1, -0.05) is 12.1 Å². The zero-order valence-corrected chi connectivity index (χ0v) is 14.5. The van der Waals surface area contributed by atoms with Gasteiger partial charge in [0.15, 0.2) is 0 Å². The van der Waals surface area contributed by atoms with Gasteiger partial charge >= 0.3 is 5.97 Å². The molecule has 0 amide bonds. The number of phenolic OH excluding ortho intramolecular Hbond substituents is 2. The number of esters is 1. The highest BCUT2D eigenvalue weighted by atomic mass is 16.5. The molecule has 6 heteroatoms. The van der Waals surface area contributed by atoms with E-state index in [1.165, 1.54) is 0 Å². The molecular formula is C20H21NO5. The molecule has 0 aliphatic carbocycles. The van der Waals surface area contributed by atoms with Crippen molar-refractivity contribution in [1.29, 1.82) is 0 Å². The number of carbonyl (C=O) groups is 1. The molecule has 2 aromatic rings. The maximum Gasteiger partial charge on any atom is 0.319 e. The van der Waals surface area contributed by atoms with Crippen LogP contribution < -0.4 is 10.1 Å².